The van der Waals surface area contributed by atoms with Gasteiger partial charge in [0.25, 0.3) is 0 Å². The van der Waals surface area contributed by atoms with E-state index >= 15 is 0 Å². The summed E-state index contributed by atoms with van der Waals surface area (Å²) < 4.78 is 12.2. The van der Waals surface area contributed by atoms with E-state index in [1.807, 2.05) is 56.9 Å². The van der Waals surface area contributed by atoms with Crippen LogP contribution in [-0.4, -0.2) is 67.3 Å². The molecule has 0 unspecified atom stereocenters. The molecule has 0 spiro atoms. The highest BCUT2D eigenvalue weighted by atomic mass is 16.7. The maximum atomic E-state index is 12.6. The van der Waals surface area contributed by atoms with Crippen molar-refractivity contribution >= 4 is 18.5 Å². The zero-order chi connectivity index (χ0) is 18.2. The van der Waals surface area contributed by atoms with E-state index in [1.54, 1.807) is 0 Å². The van der Waals surface area contributed by atoms with E-state index in [0.717, 1.165) is 37.2 Å². The number of carbonyl (C=O) groups excluding carboxylic acids is 1. The smallest absolute Gasteiger partial charge is 0.399 e. The molecule has 0 bridgehead atoms. The summed E-state index contributed by atoms with van der Waals surface area (Å²) in [5.74, 6) is 0.194. The fourth-order valence-electron chi connectivity index (χ4n) is 3.17. The van der Waals surface area contributed by atoms with E-state index in [9.17, 15) is 4.79 Å². The number of rotatable bonds is 3. The van der Waals surface area contributed by atoms with E-state index in [4.69, 9.17) is 9.31 Å². The Hall–Kier alpha value is -1.37. The summed E-state index contributed by atoms with van der Waals surface area (Å²) in [6.07, 6.45) is 0.428. The van der Waals surface area contributed by atoms with Crippen LogP contribution < -0.4 is 5.46 Å². The van der Waals surface area contributed by atoms with Gasteiger partial charge in [-0.05, 0) is 45.8 Å². The van der Waals surface area contributed by atoms with Crippen LogP contribution in [0.15, 0.2) is 24.3 Å². The predicted molar refractivity (Wildman–Crippen MR) is 99.9 cm³/mol. The van der Waals surface area contributed by atoms with Crippen LogP contribution in [0.4, 0.5) is 0 Å². The van der Waals surface area contributed by atoms with Crippen molar-refractivity contribution in [2.24, 2.45) is 0 Å². The molecule has 2 aliphatic heterocycles. The standard InChI is InChI=1S/C19H29BN2O3/c1-18(2)19(3,4)25-20(24-18)16-8-6-7-15(13-16)14-17(23)22-11-9-21(5)10-12-22/h6-8,13H,9-12,14H2,1-5H3. The van der Waals surface area contributed by atoms with Crippen molar-refractivity contribution in [3.05, 3.63) is 29.8 Å². The van der Waals surface area contributed by atoms with Crippen LogP contribution in [0.5, 0.6) is 0 Å². The van der Waals surface area contributed by atoms with Crippen LogP contribution in [0.1, 0.15) is 33.3 Å². The number of nitrogens with zero attached hydrogens (tertiary/aromatic N) is 2. The minimum absolute atomic E-state index is 0.194. The van der Waals surface area contributed by atoms with Gasteiger partial charge >= 0.3 is 7.12 Å². The Morgan fingerprint density at radius 2 is 1.68 bits per heavy atom. The van der Waals surface area contributed by atoms with Crippen LogP contribution in [0.2, 0.25) is 0 Å². The fourth-order valence-corrected chi connectivity index (χ4v) is 3.17. The molecule has 2 fully saturated rings. The fraction of sp³-hybridized carbons (Fsp3) is 0.632. The van der Waals surface area contributed by atoms with E-state index in [2.05, 4.69) is 11.9 Å². The van der Waals surface area contributed by atoms with Crippen LogP contribution in [0.3, 0.4) is 0 Å². The molecule has 25 heavy (non-hydrogen) atoms. The highest BCUT2D eigenvalue weighted by molar-refractivity contribution is 6.62. The molecule has 1 amide bonds. The van der Waals surface area contributed by atoms with Gasteiger partial charge in [-0.3, -0.25) is 4.79 Å². The highest BCUT2D eigenvalue weighted by Crippen LogP contribution is 2.36. The molecular weight excluding hydrogens is 315 g/mol. The van der Waals surface area contributed by atoms with Gasteiger partial charge in [0.15, 0.2) is 0 Å². The van der Waals surface area contributed by atoms with Crippen molar-refractivity contribution in [3.8, 4) is 0 Å². The number of carbonyl (C=O) groups is 1. The van der Waals surface area contributed by atoms with Gasteiger partial charge < -0.3 is 19.1 Å². The Balaban J connectivity index is 1.67. The number of hydrogen-bond donors (Lipinski definition) is 0. The Morgan fingerprint density at radius 1 is 1.08 bits per heavy atom. The maximum Gasteiger partial charge on any atom is 0.494 e. The summed E-state index contributed by atoms with van der Waals surface area (Å²) in [4.78, 5) is 16.8. The molecule has 0 aromatic heterocycles. The van der Waals surface area contributed by atoms with Crippen molar-refractivity contribution in [2.45, 2.75) is 45.3 Å². The second-order valence-electron chi connectivity index (χ2n) is 8.19. The highest BCUT2D eigenvalue weighted by Gasteiger charge is 2.51. The first kappa shape index (κ1) is 18.4. The average molecular weight is 344 g/mol. The zero-order valence-electron chi connectivity index (χ0n) is 16.0. The van der Waals surface area contributed by atoms with Crippen molar-refractivity contribution in [1.29, 1.82) is 0 Å². The summed E-state index contributed by atoms with van der Waals surface area (Å²) in [6.45, 7) is 11.7. The van der Waals surface area contributed by atoms with E-state index in [-0.39, 0.29) is 24.2 Å². The second kappa shape index (κ2) is 6.74. The molecule has 0 saturated carbocycles. The van der Waals surface area contributed by atoms with Gasteiger partial charge in [-0.1, -0.05) is 24.3 Å². The first-order chi connectivity index (χ1) is 11.7. The number of hydrogen-bond acceptors (Lipinski definition) is 4. The molecule has 0 radical (unpaired) electrons. The molecule has 0 N–H and O–H groups in total. The van der Waals surface area contributed by atoms with Gasteiger partial charge in [-0.2, -0.15) is 0 Å². The maximum absolute atomic E-state index is 12.6. The van der Waals surface area contributed by atoms with Gasteiger partial charge in [0, 0.05) is 26.2 Å². The molecule has 2 aliphatic rings. The number of likely N-dealkylation sites (N-methyl/N-ethyl adjacent to an activating group) is 1. The van der Waals surface area contributed by atoms with Gasteiger partial charge in [-0.25, -0.2) is 0 Å². The van der Waals surface area contributed by atoms with E-state index in [0.29, 0.717) is 6.42 Å². The lowest BCUT2D eigenvalue weighted by atomic mass is 9.78. The molecule has 6 heteroatoms. The Morgan fingerprint density at radius 3 is 2.28 bits per heavy atom. The molecule has 0 atom stereocenters. The van der Waals surface area contributed by atoms with Crippen LogP contribution >= 0.6 is 0 Å². The van der Waals surface area contributed by atoms with Crippen LogP contribution in [0.25, 0.3) is 0 Å². The zero-order valence-corrected chi connectivity index (χ0v) is 16.0. The first-order valence-corrected chi connectivity index (χ1v) is 9.09. The molecule has 2 heterocycles. The third-order valence-electron chi connectivity index (χ3n) is 5.69. The first-order valence-electron chi connectivity index (χ1n) is 9.09. The Bertz CT molecular complexity index is 623. The SMILES string of the molecule is CN1CCN(C(=O)Cc2cccc(B3OC(C)(C)C(C)(C)O3)c2)CC1. The van der Waals surface area contributed by atoms with Gasteiger partial charge in [-0.15, -0.1) is 0 Å². The van der Waals surface area contributed by atoms with Crippen molar-refractivity contribution < 1.29 is 14.1 Å². The molecular formula is C19H29BN2O3. The molecule has 0 aliphatic carbocycles. The quantitative estimate of drug-likeness (QED) is 0.776. The number of benzene rings is 1. The average Bonchev–Trinajstić information content (AvgIpc) is 2.76. The molecule has 1 aromatic carbocycles. The summed E-state index contributed by atoms with van der Waals surface area (Å²) in [6, 6.07) is 8.03. The summed E-state index contributed by atoms with van der Waals surface area (Å²) in [5, 5.41) is 0. The third kappa shape index (κ3) is 3.91. The minimum atomic E-state index is -0.385. The topological polar surface area (TPSA) is 42.0 Å². The lowest BCUT2D eigenvalue weighted by Gasteiger charge is -2.32. The van der Waals surface area contributed by atoms with Crippen molar-refractivity contribution in [2.75, 3.05) is 33.2 Å². The van der Waals surface area contributed by atoms with E-state index in [1.165, 1.54) is 0 Å². The lowest BCUT2D eigenvalue weighted by molar-refractivity contribution is -0.132. The lowest BCUT2D eigenvalue weighted by Crippen LogP contribution is -2.47. The monoisotopic (exact) mass is 344 g/mol. The number of piperazine rings is 1. The largest absolute Gasteiger partial charge is 0.494 e. The van der Waals surface area contributed by atoms with Crippen molar-refractivity contribution in [3.63, 3.8) is 0 Å². The Kier molecular flexibility index (Phi) is 4.97. The van der Waals surface area contributed by atoms with E-state index < -0.39 is 0 Å². The molecule has 3 rings (SSSR count). The number of amides is 1. The van der Waals surface area contributed by atoms with Crippen LogP contribution in [-0.2, 0) is 20.5 Å². The minimum Gasteiger partial charge on any atom is -0.399 e. The molecule has 136 valence electrons. The summed E-state index contributed by atoms with van der Waals surface area (Å²) in [7, 11) is 1.71. The van der Waals surface area contributed by atoms with Gasteiger partial charge in [0.2, 0.25) is 5.91 Å². The third-order valence-corrected chi connectivity index (χ3v) is 5.69. The van der Waals surface area contributed by atoms with Crippen molar-refractivity contribution in [1.82, 2.24) is 9.80 Å². The predicted octanol–water partition coefficient (Wildman–Crippen LogP) is 1.30. The molecule has 1 aromatic rings. The molecule has 2 saturated heterocycles. The normalized spacial score (nSPS) is 23.1. The summed E-state index contributed by atoms with van der Waals surface area (Å²) in [5.41, 5.74) is 1.27. The summed E-state index contributed by atoms with van der Waals surface area (Å²) >= 11 is 0. The van der Waals surface area contributed by atoms with Gasteiger partial charge in [0.1, 0.15) is 0 Å². The second-order valence-corrected chi connectivity index (χ2v) is 8.19. The van der Waals surface area contributed by atoms with Crippen LogP contribution in [0, 0.1) is 0 Å². The molecule has 5 nitrogen and oxygen atoms in total. The Labute approximate surface area is 151 Å². The van der Waals surface area contributed by atoms with Gasteiger partial charge in [0.05, 0.1) is 17.6 Å².